The van der Waals surface area contributed by atoms with Crippen molar-refractivity contribution in [1.29, 1.82) is 0 Å². The average molecular weight is 283 g/mol. The third-order valence-corrected chi connectivity index (χ3v) is 3.29. The SMILES string of the molecule is CNCCCNC(=O)C(c1cccc(Cl)c1)C(C)C. The molecule has 3 nitrogen and oxygen atoms in total. The molecule has 0 aliphatic carbocycles. The molecule has 0 saturated heterocycles. The number of nitrogens with one attached hydrogen (secondary N) is 2. The first-order valence-electron chi connectivity index (χ1n) is 6.74. The highest BCUT2D eigenvalue weighted by Gasteiger charge is 2.23. The number of rotatable bonds is 7. The topological polar surface area (TPSA) is 41.1 Å². The summed E-state index contributed by atoms with van der Waals surface area (Å²) < 4.78 is 0. The van der Waals surface area contributed by atoms with E-state index in [0.29, 0.717) is 11.6 Å². The van der Waals surface area contributed by atoms with E-state index in [1.165, 1.54) is 0 Å². The highest BCUT2D eigenvalue weighted by atomic mass is 35.5. The predicted octanol–water partition coefficient (Wildman–Crippen LogP) is 2.81. The number of hydrogen-bond donors (Lipinski definition) is 2. The van der Waals surface area contributed by atoms with Gasteiger partial charge >= 0.3 is 0 Å². The maximum absolute atomic E-state index is 12.3. The second kappa shape index (κ2) is 8.18. The van der Waals surface area contributed by atoms with Crippen molar-refractivity contribution in [1.82, 2.24) is 10.6 Å². The summed E-state index contributed by atoms with van der Waals surface area (Å²) in [6, 6.07) is 7.55. The van der Waals surface area contributed by atoms with Crippen molar-refractivity contribution in [3.05, 3.63) is 34.9 Å². The Morgan fingerprint density at radius 3 is 2.63 bits per heavy atom. The summed E-state index contributed by atoms with van der Waals surface area (Å²) in [4.78, 5) is 12.3. The van der Waals surface area contributed by atoms with Gasteiger partial charge in [0, 0.05) is 11.6 Å². The first kappa shape index (κ1) is 16.0. The van der Waals surface area contributed by atoms with Crippen LogP contribution in [0.4, 0.5) is 0 Å². The molecule has 2 N–H and O–H groups in total. The van der Waals surface area contributed by atoms with Gasteiger partial charge in [0.1, 0.15) is 0 Å². The molecule has 1 atom stereocenters. The summed E-state index contributed by atoms with van der Waals surface area (Å²) >= 11 is 6.00. The number of carbonyl (C=O) groups excluding carboxylic acids is 1. The fourth-order valence-corrected chi connectivity index (χ4v) is 2.32. The zero-order chi connectivity index (χ0) is 14.3. The summed E-state index contributed by atoms with van der Waals surface area (Å²) in [5.41, 5.74) is 0.980. The fraction of sp³-hybridized carbons (Fsp3) is 0.533. The molecule has 0 aliphatic heterocycles. The average Bonchev–Trinajstić information content (AvgIpc) is 2.34. The van der Waals surface area contributed by atoms with E-state index in [4.69, 9.17) is 11.6 Å². The van der Waals surface area contributed by atoms with Gasteiger partial charge in [0.05, 0.1) is 5.92 Å². The number of halogens is 1. The van der Waals surface area contributed by atoms with Crippen molar-refractivity contribution in [2.75, 3.05) is 20.1 Å². The quantitative estimate of drug-likeness (QED) is 0.755. The monoisotopic (exact) mass is 282 g/mol. The van der Waals surface area contributed by atoms with Gasteiger partial charge < -0.3 is 10.6 Å². The molecule has 0 aliphatic rings. The molecule has 0 bridgehead atoms. The molecule has 1 unspecified atom stereocenters. The molecule has 0 radical (unpaired) electrons. The maximum atomic E-state index is 12.3. The Balaban J connectivity index is 2.69. The van der Waals surface area contributed by atoms with Crippen molar-refractivity contribution in [3.8, 4) is 0 Å². The summed E-state index contributed by atoms with van der Waals surface area (Å²) in [6.07, 6.45) is 0.933. The minimum Gasteiger partial charge on any atom is -0.356 e. The molecule has 0 fully saturated rings. The normalized spacial score (nSPS) is 12.5. The first-order chi connectivity index (χ1) is 9.06. The van der Waals surface area contributed by atoms with Crippen LogP contribution in [-0.2, 0) is 4.79 Å². The molecule has 4 heteroatoms. The van der Waals surface area contributed by atoms with Crippen LogP contribution in [0.25, 0.3) is 0 Å². The first-order valence-corrected chi connectivity index (χ1v) is 7.11. The van der Waals surface area contributed by atoms with E-state index in [2.05, 4.69) is 24.5 Å². The number of hydrogen-bond acceptors (Lipinski definition) is 2. The lowest BCUT2D eigenvalue weighted by atomic mass is 9.87. The van der Waals surface area contributed by atoms with Crippen LogP contribution in [0.2, 0.25) is 5.02 Å². The van der Waals surface area contributed by atoms with Crippen LogP contribution in [-0.4, -0.2) is 26.0 Å². The van der Waals surface area contributed by atoms with E-state index in [-0.39, 0.29) is 17.7 Å². The van der Waals surface area contributed by atoms with Crippen molar-refractivity contribution in [2.24, 2.45) is 5.92 Å². The lowest BCUT2D eigenvalue weighted by Gasteiger charge is -2.21. The Labute approximate surface area is 120 Å². The molecule has 0 spiro atoms. The van der Waals surface area contributed by atoms with E-state index >= 15 is 0 Å². The fourth-order valence-electron chi connectivity index (χ4n) is 2.13. The van der Waals surface area contributed by atoms with Crippen molar-refractivity contribution >= 4 is 17.5 Å². The van der Waals surface area contributed by atoms with Crippen LogP contribution in [0.15, 0.2) is 24.3 Å². The van der Waals surface area contributed by atoms with Crippen molar-refractivity contribution < 1.29 is 4.79 Å². The summed E-state index contributed by atoms with van der Waals surface area (Å²) in [5, 5.41) is 6.73. The molecule has 0 aromatic heterocycles. The van der Waals surface area contributed by atoms with Gasteiger partial charge in [-0.2, -0.15) is 0 Å². The predicted molar refractivity (Wildman–Crippen MR) is 80.6 cm³/mol. The summed E-state index contributed by atoms with van der Waals surface area (Å²) in [6.45, 7) is 5.71. The van der Waals surface area contributed by atoms with Crippen LogP contribution >= 0.6 is 11.6 Å². The molecule has 0 saturated carbocycles. The van der Waals surface area contributed by atoms with E-state index in [0.717, 1.165) is 18.5 Å². The lowest BCUT2D eigenvalue weighted by Crippen LogP contribution is -2.33. The van der Waals surface area contributed by atoms with Gasteiger partial charge in [0.25, 0.3) is 0 Å². The largest absolute Gasteiger partial charge is 0.356 e. The molecule has 0 heterocycles. The van der Waals surface area contributed by atoms with Gasteiger partial charge in [0.15, 0.2) is 0 Å². The standard InChI is InChI=1S/C15H23ClN2O/c1-11(2)14(12-6-4-7-13(16)10-12)15(19)18-9-5-8-17-3/h4,6-7,10-11,14,17H,5,8-9H2,1-3H3,(H,18,19). The Morgan fingerprint density at radius 2 is 2.05 bits per heavy atom. The molecular weight excluding hydrogens is 260 g/mol. The Morgan fingerprint density at radius 1 is 1.32 bits per heavy atom. The van der Waals surface area contributed by atoms with E-state index in [1.807, 2.05) is 31.3 Å². The maximum Gasteiger partial charge on any atom is 0.227 e. The van der Waals surface area contributed by atoms with Gasteiger partial charge in [-0.25, -0.2) is 0 Å². The number of carbonyl (C=O) groups is 1. The molecule has 1 aromatic carbocycles. The molecule has 1 rings (SSSR count). The second-order valence-corrected chi connectivity index (χ2v) is 5.46. The van der Waals surface area contributed by atoms with Gasteiger partial charge in [-0.05, 0) is 43.6 Å². The highest BCUT2D eigenvalue weighted by Crippen LogP contribution is 2.26. The van der Waals surface area contributed by atoms with Crippen molar-refractivity contribution in [2.45, 2.75) is 26.2 Å². The second-order valence-electron chi connectivity index (χ2n) is 5.02. The van der Waals surface area contributed by atoms with Crippen molar-refractivity contribution in [3.63, 3.8) is 0 Å². The Bertz CT molecular complexity index is 407. The summed E-state index contributed by atoms with van der Waals surface area (Å²) in [5.74, 6) is 0.171. The van der Waals surface area contributed by atoms with Crippen LogP contribution in [0.5, 0.6) is 0 Å². The third-order valence-electron chi connectivity index (χ3n) is 3.06. The van der Waals surface area contributed by atoms with E-state index < -0.39 is 0 Å². The van der Waals surface area contributed by atoms with Gasteiger partial charge in [-0.15, -0.1) is 0 Å². The molecule has 106 valence electrons. The molecular formula is C15H23ClN2O. The smallest absolute Gasteiger partial charge is 0.227 e. The Hall–Kier alpha value is -1.06. The summed E-state index contributed by atoms with van der Waals surface area (Å²) in [7, 11) is 1.91. The van der Waals surface area contributed by atoms with E-state index in [9.17, 15) is 4.79 Å². The van der Waals surface area contributed by atoms with Crippen LogP contribution in [0, 0.1) is 5.92 Å². The van der Waals surface area contributed by atoms with Gasteiger partial charge in [0.2, 0.25) is 5.91 Å². The molecule has 1 aromatic rings. The van der Waals surface area contributed by atoms with E-state index in [1.54, 1.807) is 0 Å². The van der Waals surface area contributed by atoms with Gasteiger partial charge in [-0.1, -0.05) is 37.6 Å². The minimum atomic E-state index is -0.145. The lowest BCUT2D eigenvalue weighted by molar-refractivity contribution is -0.123. The van der Waals surface area contributed by atoms with Crippen LogP contribution < -0.4 is 10.6 Å². The zero-order valence-corrected chi connectivity index (χ0v) is 12.6. The minimum absolute atomic E-state index is 0.0772. The highest BCUT2D eigenvalue weighted by molar-refractivity contribution is 6.30. The third kappa shape index (κ3) is 5.21. The number of amides is 1. The van der Waals surface area contributed by atoms with Crippen LogP contribution in [0.1, 0.15) is 31.7 Å². The van der Waals surface area contributed by atoms with Crippen LogP contribution in [0.3, 0.4) is 0 Å². The zero-order valence-electron chi connectivity index (χ0n) is 11.9. The van der Waals surface area contributed by atoms with Gasteiger partial charge in [-0.3, -0.25) is 4.79 Å². The molecule has 19 heavy (non-hydrogen) atoms. The number of benzene rings is 1. The molecule has 1 amide bonds. The Kier molecular flexibility index (Phi) is 6.89.